The van der Waals surface area contributed by atoms with Crippen molar-refractivity contribution >= 4 is 21.6 Å². The summed E-state index contributed by atoms with van der Waals surface area (Å²) in [6.45, 7) is 7.57. The first-order valence-corrected chi connectivity index (χ1v) is 12.9. The molecule has 10 heteroatoms. The van der Waals surface area contributed by atoms with E-state index in [0.717, 1.165) is 24.5 Å². The van der Waals surface area contributed by atoms with Gasteiger partial charge in [-0.25, -0.2) is 13.4 Å². The number of ether oxygens (including phenoxy) is 1. The average molecular weight is 476 g/mol. The van der Waals surface area contributed by atoms with Gasteiger partial charge in [0.2, 0.25) is 5.91 Å². The Morgan fingerprint density at radius 3 is 2.21 bits per heavy atom. The molecule has 0 aliphatic carbocycles. The van der Waals surface area contributed by atoms with Crippen molar-refractivity contribution in [1.29, 1.82) is 0 Å². The highest BCUT2D eigenvalue weighted by Gasteiger charge is 2.35. The third-order valence-corrected chi connectivity index (χ3v) is 8.39. The highest BCUT2D eigenvalue weighted by Crippen LogP contribution is 2.26. The fraction of sp³-hybridized carbons (Fsp3) is 0.565. The van der Waals surface area contributed by atoms with E-state index in [0.29, 0.717) is 39.0 Å². The van der Waals surface area contributed by atoms with Crippen LogP contribution in [0.3, 0.4) is 0 Å². The van der Waals surface area contributed by atoms with Crippen LogP contribution in [0.4, 0.5) is 5.69 Å². The number of sulfonamides is 1. The van der Waals surface area contributed by atoms with Crippen LogP contribution in [0.15, 0.2) is 41.8 Å². The fourth-order valence-electron chi connectivity index (χ4n) is 4.45. The van der Waals surface area contributed by atoms with Gasteiger partial charge in [-0.2, -0.15) is 4.31 Å². The average Bonchev–Trinajstić information content (AvgIpc) is 3.36. The zero-order valence-electron chi connectivity index (χ0n) is 19.6. The van der Waals surface area contributed by atoms with Crippen molar-refractivity contribution in [3.05, 3.63) is 36.8 Å². The molecule has 1 aromatic carbocycles. The number of anilines is 1. The molecule has 33 heavy (non-hydrogen) atoms. The van der Waals surface area contributed by atoms with Crippen molar-refractivity contribution in [3.8, 4) is 5.75 Å². The van der Waals surface area contributed by atoms with Crippen LogP contribution in [0, 0.1) is 5.92 Å². The third-order valence-electron chi connectivity index (χ3n) is 6.61. The molecule has 2 fully saturated rings. The van der Waals surface area contributed by atoms with Gasteiger partial charge in [0.25, 0.3) is 10.0 Å². The van der Waals surface area contributed by atoms with Gasteiger partial charge in [0.05, 0.1) is 13.4 Å². The van der Waals surface area contributed by atoms with E-state index >= 15 is 0 Å². The number of carbonyl (C=O) groups excluding carboxylic acids is 1. The molecule has 2 aromatic rings. The molecule has 0 unspecified atom stereocenters. The van der Waals surface area contributed by atoms with Crippen LogP contribution >= 0.6 is 0 Å². The number of hydrogen-bond acceptors (Lipinski definition) is 6. The minimum atomic E-state index is -3.63. The molecule has 0 radical (unpaired) electrons. The summed E-state index contributed by atoms with van der Waals surface area (Å²) in [5.41, 5.74) is 1.13. The molecule has 2 saturated heterocycles. The summed E-state index contributed by atoms with van der Waals surface area (Å²) in [6, 6.07) is 8.12. The van der Waals surface area contributed by atoms with E-state index in [-0.39, 0.29) is 22.9 Å². The Balaban J connectivity index is 1.29. The van der Waals surface area contributed by atoms with E-state index < -0.39 is 10.0 Å². The maximum atomic E-state index is 13.1. The number of benzene rings is 1. The number of rotatable bonds is 6. The molecule has 9 nitrogen and oxygen atoms in total. The summed E-state index contributed by atoms with van der Waals surface area (Å²) in [6.07, 6.45) is 4.22. The van der Waals surface area contributed by atoms with Crippen molar-refractivity contribution in [3.63, 3.8) is 0 Å². The SMILES string of the molecule is COc1ccc(N2CCN(C(=O)C3CCN(S(=O)(=O)c4cn(C(C)C)cn4)CC3)CC2)cc1. The lowest BCUT2D eigenvalue weighted by molar-refractivity contribution is -0.137. The van der Waals surface area contributed by atoms with Gasteiger partial charge in [-0.05, 0) is 51.0 Å². The molecule has 3 heterocycles. The maximum Gasteiger partial charge on any atom is 0.262 e. The molecular weight excluding hydrogens is 442 g/mol. The Bertz CT molecular complexity index is 1050. The quantitative estimate of drug-likeness (QED) is 0.637. The monoisotopic (exact) mass is 475 g/mol. The van der Waals surface area contributed by atoms with Crippen LogP contribution in [-0.2, 0) is 14.8 Å². The highest BCUT2D eigenvalue weighted by atomic mass is 32.2. The lowest BCUT2D eigenvalue weighted by Crippen LogP contribution is -2.52. The van der Waals surface area contributed by atoms with Crippen LogP contribution in [0.1, 0.15) is 32.7 Å². The van der Waals surface area contributed by atoms with E-state index in [4.69, 9.17) is 4.74 Å². The lowest BCUT2D eigenvalue weighted by atomic mass is 9.96. The third kappa shape index (κ3) is 5.01. The van der Waals surface area contributed by atoms with Crippen molar-refractivity contribution in [2.45, 2.75) is 37.8 Å². The summed E-state index contributed by atoms with van der Waals surface area (Å²) in [5, 5.41) is 0.0793. The Morgan fingerprint density at radius 2 is 1.67 bits per heavy atom. The normalized spacial score (nSPS) is 18.7. The summed E-state index contributed by atoms with van der Waals surface area (Å²) >= 11 is 0. The van der Waals surface area contributed by atoms with Crippen LogP contribution in [0.2, 0.25) is 0 Å². The van der Waals surface area contributed by atoms with E-state index in [9.17, 15) is 13.2 Å². The van der Waals surface area contributed by atoms with E-state index in [2.05, 4.69) is 9.88 Å². The molecule has 0 bridgehead atoms. The number of carbonyl (C=O) groups is 1. The number of piperazine rings is 1. The first kappa shape index (κ1) is 23.6. The number of aromatic nitrogens is 2. The summed E-state index contributed by atoms with van der Waals surface area (Å²) in [5.74, 6) is 0.844. The molecule has 180 valence electrons. The van der Waals surface area contributed by atoms with Gasteiger partial charge in [-0.15, -0.1) is 0 Å². The van der Waals surface area contributed by atoms with Crippen LogP contribution < -0.4 is 9.64 Å². The summed E-state index contributed by atoms with van der Waals surface area (Å²) in [4.78, 5) is 21.4. The molecule has 2 aliphatic heterocycles. The zero-order chi connectivity index (χ0) is 23.6. The molecule has 0 saturated carbocycles. The maximum absolute atomic E-state index is 13.1. The van der Waals surface area contributed by atoms with Gasteiger partial charge in [0, 0.05) is 63.1 Å². The van der Waals surface area contributed by atoms with Crippen molar-refractivity contribution in [2.75, 3.05) is 51.3 Å². The number of amides is 1. The Morgan fingerprint density at radius 1 is 1.03 bits per heavy atom. The van der Waals surface area contributed by atoms with Gasteiger partial charge in [-0.1, -0.05) is 0 Å². The standard InChI is InChI=1S/C23H33N5O4S/c1-18(2)27-16-22(24-17-27)33(30,31)28-10-8-19(9-11-28)23(29)26-14-12-25(13-15-26)20-4-6-21(32-3)7-5-20/h4-7,16-19H,8-15H2,1-3H3. The van der Waals surface area contributed by atoms with Gasteiger partial charge in [0.15, 0.2) is 5.03 Å². The number of hydrogen-bond donors (Lipinski definition) is 0. The van der Waals surface area contributed by atoms with Crippen LogP contribution in [-0.4, -0.2) is 79.5 Å². The molecular formula is C23H33N5O4S. The number of imidazole rings is 1. The number of nitrogens with zero attached hydrogens (tertiary/aromatic N) is 5. The van der Waals surface area contributed by atoms with Gasteiger partial charge in [0.1, 0.15) is 5.75 Å². The lowest BCUT2D eigenvalue weighted by Gasteiger charge is -2.39. The Labute approximate surface area is 196 Å². The first-order valence-electron chi connectivity index (χ1n) is 11.5. The van der Waals surface area contributed by atoms with Gasteiger partial charge >= 0.3 is 0 Å². The smallest absolute Gasteiger partial charge is 0.262 e. The van der Waals surface area contributed by atoms with Crippen LogP contribution in [0.25, 0.3) is 0 Å². The minimum Gasteiger partial charge on any atom is -0.497 e. The van der Waals surface area contributed by atoms with Gasteiger partial charge < -0.3 is 19.1 Å². The molecule has 2 aliphatic rings. The predicted molar refractivity (Wildman–Crippen MR) is 126 cm³/mol. The van der Waals surface area contributed by atoms with Crippen molar-refractivity contribution in [2.24, 2.45) is 5.92 Å². The van der Waals surface area contributed by atoms with Crippen LogP contribution in [0.5, 0.6) is 5.75 Å². The Hall–Kier alpha value is -2.59. The second-order valence-corrected chi connectivity index (χ2v) is 10.8. The largest absolute Gasteiger partial charge is 0.497 e. The molecule has 0 spiro atoms. The summed E-state index contributed by atoms with van der Waals surface area (Å²) < 4.78 is 34.4. The molecule has 1 aromatic heterocycles. The van der Waals surface area contributed by atoms with Gasteiger partial charge in [-0.3, -0.25) is 4.79 Å². The zero-order valence-corrected chi connectivity index (χ0v) is 20.4. The molecule has 0 N–H and O–H groups in total. The highest BCUT2D eigenvalue weighted by molar-refractivity contribution is 7.89. The summed E-state index contributed by atoms with van der Waals surface area (Å²) in [7, 11) is -1.98. The fourth-order valence-corrected chi connectivity index (χ4v) is 5.84. The number of methoxy groups -OCH3 is 1. The minimum absolute atomic E-state index is 0.0793. The second kappa shape index (κ2) is 9.72. The van der Waals surface area contributed by atoms with E-state index in [1.807, 2.05) is 43.0 Å². The Kier molecular flexibility index (Phi) is 6.94. The van der Waals surface area contributed by atoms with Crippen molar-refractivity contribution < 1.29 is 17.9 Å². The predicted octanol–water partition coefficient (Wildman–Crippen LogP) is 2.22. The van der Waals surface area contributed by atoms with Crippen molar-refractivity contribution in [1.82, 2.24) is 18.8 Å². The molecule has 4 rings (SSSR count). The van der Waals surface area contributed by atoms with E-state index in [1.54, 1.807) is 24.2 Å². The first-order chi connectivity index (χ1) is 15.8. The van der Waals surface area contributed by atoms with E-state index in [1.165, 1.54) is 4.31 Å². The topological polar surface area (TPSA) is 88.0 Å². The number of piperidine rings is 1. The second-order valence-electron chi connectivity index (χ2n) is 8.94. The molecule has 0 atom stereocenters. The molecule has 1 amide bonds.